The Kier molecular flexibility index (Phi) is 10.6. The first-order chi connectivity index (χ1) is 20.1. The lowest BCUT2D eigenvalue weighted by molar-refractivity contribution is -0.169. The Morgan fingerprint density at radius 1 is 0.634 bits per heavy atom. The summed E-state index contributed by atoms with van der Waals surface area (Å²) in [5.41, 5.74) is 4.15. The molecule has 0 radical (unpaired) electrons. The van der Waals surface area contributed by atoms with Gasteiger partial charge < -0.3 is 33.5 Å². The average Bonchev–Trinajstić information content (AvgIpc) is 3.02. The van der Waals surface area contributed by atoms with Crippen LogP contribution < -0.4 is 9.47 Å². The SMILES string of the molecule is O=C(O)c1cc(OCc2ccc(COC3CCCCO3)cc2)cc(OCc2ccc(COC3CCCCO3)cc2)c1. The third-order valence-electron chi connectivity index (χ3n) is 7.13. The molecule has 1 N–H and O–H groups in total. The highest BCUT2D eigenvalue weighted by Crippen LogP contribution is 2.25. The Morgan fingerprint density at radius 3 is 1.41 bits per heavy atom. The Hall–Kier alpha value is -3.43. The molecule has 2 aliphatic heterocycles. The molecule has 2 unspecified atom stereocenters. The van der Waals surface area contributed by atoms with Crippen molar-refractivity contribution in [3.63, 3.8) is 0 Å². The van der Waals surface area contributed by atoms with Crippen LogP contribution in [0, 0.1) is 0 Å². The van der Waals surface area contributed by atoms with Gasteiger partial charge in [-0.2, -0.15) is 0 Å². The molecule has 0 amide bonds. The van der Waals surface area contributed by atoms with E-state index < -0.39 is 5.97 Å². The summed E-state index contributed by atoms with van der Waals surface area (Å²) in [6.45, 7) is 3.11. The maximum atomic E-state index is 11.7. The molecule has 5 rings (SSSR count). The van der Waals surface area contributed by atoms with Crippen molar-refractivity contribution in [2.75, 3.05) is 13.2 Å². The van der Waals surface area contributed by atoms with Crippen LogP contribution in [-0.2, 0) is 45.4 Å². The second kappa shape index (κ2) is 15.0. The lowest BCUT2D eigenvalue weighted by Crippen LogP contribution is -2.21. The van der Waals surface area contributed by atoms with Gasteiger partial charge in [-0.3, -0.25) is 0 Å². The molecule has 218 valence electrons. The van der Waals surface area contributed by atoms with Crippen molar-refractivity contribution in [2.45, 2.75) is 77.5 Å². The molecular formula is C33H38O8. The molecular weight excluding hydrogens is 524 g/mol. The van der Waals surface area contributed by atoms with E-state index in [0.29, 0.717) is 37.9 Å². The fourth-order valence-electron chi connectivity index (χ4n) is 4.72. The molecule has 0 bridgehead atoms. The van der Waals surface area contributed by atoms with E-state index >= 15 is 0 Å². The van der Waals surface area contributed by atoms with Gasteiger partial charge in [0.25, 0.3) is 0 Å². The zero-order chi connectivity index (χ0) is 28.3. The molecule has 0 aromatic heterocycles. The zero-order valence-electron chi connectivity index (χ0n) is 23.3. The molecule has 2 saturated heterocycles. The van der Waals surface area contributed by atoms with E-state index in [-0.39, 0.29) is 18.1 Å². The van der Waals surface area contributed by atoms with E-state index in [1.807, 2.05) is 48.5 Å². The van der Waals surface area contributed by atoms with Crippen molar-refractivity contribution < 1.29 is 38.3 Å². The summed E-state index contributed by atoms with van der Waals surface area (Å²) in [5.74, 6) is -0.184. The van der Waals surface area contributed by atoms with E-state index in [2.05, 4.69) is 0 Å². The highest BCUT2D eigenvalue weighted by atomic mass is 16.7. The quantitative estimate of drug-likeness (QED) is 0.248. The van der Waals surface area contributed by atoms with E-state index in [9.17, 15) is 9.90 Å². The fraction of sp³-hybridized carbons (Fsp3) is 0.424. The summed E-state index contributed by atoms with van der Waals surface area (Å²) < 4.78 is 34.8. The van der Waals surface area contributed by atoms with Crippen LogP contribution in [0.4, 0.5) is 0 Å². The molecule has 0 spiro atoms. The lowest BCUT2D eigenvalue weighted by atomic mass is 10.1. The van der Waals surface area contributed by atoms with Gasteiger partial charge in [-0.15, -0.1) is 0 Å². The molecule has 2 fully saturated rings. The van der Waals surface area contributed by atoms with Gasteiger partial charge in [0.05, 0.1) is 18.8 Å². The normalized spacial score (nSPS) is 19.0. The van der Waals surface area contributed by atoms with Crippen LogP contribution in [0.5, 0.6) is 11.5 Å². The fourth-order valence-corrected chi connectivity index (χ4v) is 4.72. The number of rotatable bonds is 13. The molecule has 2 atom stereocenters. The number of hydrogen-bond donors (Lipinski definition) is 1. The Labute approximate surface area is 241 Å². The van der Waals surface area contributed by atoms with E-state index in [0.717, 1.165) is 74.0 Å². The van der Waals surface area contributed by atoms with Crippen molar-refractivity contribution in [3.8, 4) is 11.5 Å². The highest BCUT2D eigenvalue weighted by Gasteiger charge is 2.15. The second-order valence-electron chi connectivity index (χ2n) is 10.4. The van der Waals surface area contributed by atoms with Crippen molar-refractivity contribution in [2.24, 2.45) is 0 Å². The minimum absolute atomic E-state index is 0.104. The third kappa shape index (κ3) is 9.30. The van der Waals surface area contributed by atoms with Gasteiger partial charge in [0.15, 0.2) is 12.6 Å². The minimum atomic E-state index is -1.04. The summed E-state index contributed by atoms with van der Waals surface area (Å²) >= 11 is 0. The minimum Gasteiger partial charge on any atom is -0.489 e. The van der Waals surface area contributed by atoms with Crippen molar-refractivity contribution in [1.82, 2.24) is 0 Å². The van der Waals surface area contributed by atoms with Crippen LogP contribution in [0.25, 0.3) is 0 Å². The van der Waals surface area contributed by atoms with Crippen LogP contribution in [0.3, 0.4) is 0 Å². The molecule has 0 saturated carbocycles. The number of aromatic carboxylic acids is 1. The Bertz CT molecular complexity index is 1140. The van der Waals surface area contributed by atoms with Gasteiger partial charge >= 0.3 is 5.97 Å². The van der Waals surface area contributed by atoms with Crippen LogP contribution in [0.15, 0.2) is 66.7 Å². The first kappa shape index (κ1) is 29.1. The zero-order valence-corrected chi connectivity index (χ0v) is 23.3. The number of hydrogen-bond acceptors (Lipinski definition) is 7. The van der Waals surface area contributed by atoms with Gasteiger partial charge in [0.1, 0.15) is 24.7 Å². The largest absolute Gasteiger partial charge is 0.489 e. The molecule has 8 nitrogen and oxygen atoms in total. The van der Waals surface area contributed by atoms with Crippen LogP contribution >= 0.6 is 0 Å². The number of ether oxygens (including phenoxy) is 6. The molecule has 0 aliphatic carbocycles. The average molecular weight is 563 g/mol. The van der Waals surface area contributed by atoms with Gasteiger partial charge in [-0.05, 0) is 72.9 Å². The van der Waals surface area contributed by atoms with E-state index in [1.165, 1.54) is 12.1 Å². The Morgan fingerprint density at radius 2 is 1.05 bits per heavy atom. The maximum Gasteiger partial charge on any atom is 0.335 e. The first-order valence-corrected chi connectivity index (χ1v) is 14.4. The number of carboxylic acid groups (broad SMARTS) is 1. The van der Waals surface area contributed by atoms with E-state index in [4.69, 9.17) is 28.4 Å². The summed E-state index contributed by atoms with van der Waals surface area (Å²) in [4.78, 5) is 11.7. The standard InChI is InChI=1S/C33H38O8/c34-33(35)28-17-29(38-20-24-7-11-26(12-8-24)22-40-31-5-1-3-15-36-31)19-30(18-28)39-21-25-9-13-27(14-10-25)23-41-32-6-2-4-16-37-32/h7-14,17-19,31-32H,1-6,15-16,20-23H2,(H,34,35). The topological polar surface area (TPSA) is 92.7 Å². The third-order valence-corrected chi connectivity index (χ3v) is 7.13. The van der Waals surface area contributed by atoms with Crippen molar-refractivity contribution >= 4 is 5.97 Å². The molecule has 8 heteroatoms. The molecule has 3 aromatic carbocycles. The predicted molar refractivity (Wildman–Crippen MR) is 152 cm³/mol. The summed E-state index contributed by atoms with van der Waals surface area (Å²) in [7, 11) is 0. The van der Waals surface area contributed by atoms with Gasteiger partial charge in [0.2, 0.25) is 0 Å². The monoisotopic (exact) mass is 562 g/mol. The summed E-state index contributed by atoms with van der Waals surface area (Å²) in [6.07, 6.45) is 6.09. The predicted octanol–water partition coefficient (Wildman–Crippen LogP) is 6.63. The maximum absolute atomic E-state index is 11.7. The van der Waals surface area contributed by atoms with Crippen LogP contribution in [0.1, 0.15) is 71.1 Å². The molecule has 3 aromatic rings. The van der Waals surface area contributed by atoms with Gasteiger partial charge in [-0.1, -0.05) is 48.5 Å². The smallest absolute Gasteiger partial charge is 0.335 e. The second-order valence-corrected chi connectivity index (χ2v) is 10.4. The summed E-state index contributed by atoms with van der Waals surface area (Å²) in [5, 5.41) is 9.60. The van der Waals surface area contributed by atoms with Gasteiger partial charge in [0, 0.05) is 19.3 Å². The lowest BCUT2D eigenvalue weighted by Gasteiger charge is -2.22. The molecule has 2 aliphatic rings. The number of carboxylic acids is 1. The van der Waals surface area contributed by atoms with Crippen LogP contribution in [0.2, 0.25) is 0 Å². The van der Waals surface area contributed by atoms with E-state index in [1.54, 1.807) is 6.07 Å². The molecule has 41 heavy (non-hydrogen) atoms. The van der Waals surface area contributed by atoms with Gasteiger partial charge in [-0.25, -0.2) is 4.79 Å². The number of carbonyl (C=O) groups is 1. The highest BCUT2D eigenvalue weighted by molar-refractivity contribution is 5.88. The van der Waals surface area contributed by atoms with Crippen molar-refractivity contribution in [3.05, 3.63) is 94.5 Å². The number of benzene rings is 3. The first-order valence-electron chi connectivity index (χ1n) is 14.4. The molecule has 2 heterocycles. The summed E-state index contributed by atoms with van der Waals surface area (Å²) in [6, 6.07) is 20.7. The van der Waals surface area contributed by atoms with Crippen molar-refractivity contribution in [1.29, 1.82) is 0 Å². The van der Waals surface area contributed by atoms with Crippen LogP contribution in [-0.4, -0.2) is 36.9 Å². The Balaban J connectivity index is 1.11.